The second-order valence-corrected chi connectivity index (χ2v) is 7.07. The fourth-order valence-corrected chi connectivity index (χ4v) is 3.51. The Bertz CT molecular complexity index is 567. The number of thiophene rings is 1. The third-order valence-electron chi connectivity index (χ3n) is 3.18. The van der Waals surface area contributed by atoms with Crippen LogP contribution in [0, 0.1) is 12.7 Å². The van der Waals surface area contributed by atoms with E-state index in [2.05, 4.69) is 47.2 Å². The first-order valence-corrected chi connectivity index (χ1v) is 8.44. The number of hydrogen-bond acceptors (Lipinski definition) is 2. The van der Waals surface area contributed by atoms with Crippen molar-refractivity contribution in [3.63, 3.8) is 0 Å². The van der Waals surface area contributed by atoms with Crippen LogP contribution in [0.5, 0.6) is 0 Å². The summed E-state index contributed by atoms with van der Waals surface area (Å²) in [6.45, 7) is 5.24. The predicted octanol–water partition coefficient (Wildman–Crippen LogP) is 5.24. The van der Waals surface area contributed by atoms with Gasteiger partial charge in [0, 0.05) is 20.3 Å². The molecule has 1 unspecified atom stereocenters. The molecule has 0 amide bonds. The maximum atomic E-state index is 13.4. The molecule has 0 aliphatic rings. The Balaban J connectivity index is 2.21. The lowest BCUT2D eigenvalue weighted by molar-refractivity contribution is 0.533. The smallest absolute Gasteiger partial charge is 0.123 e. The Hall–Kier alpha value is -0.710. The average Bonchev–Trinajstić information content (AvgIpc) is 2.85. The molecular formula is C16H19BrFNS. The van der Waals surface area contributed by atoms with E-state index in [1.807, 2.05) is 0 Å². The lowest BCUT2D eigenvalue weighted by Gasteiger charge is -2.18. The molecule has 1 aromatic heterocycles. The predicted molar refractivity (Wildman–Crippen MR) is 87.9 cm³/mol. The van der Waals surface area contributed by atoms with Gasteiger partial charge in [0.2, 0.25) is 0 Å². The quantitative estimate of drug-likeness (QED) is 0.746. The highest BCUT2D eigenvalue weighted by molar-refractivity contribution is 9.10. The highest BCUT2D eigenvalue weighted by Crippen LogP contribution is 2.28. The summed E-state index contributed by atoms with van der Waals surface area (Å²) < 4.78 is 14.4. The molecule has 0 bridgehead atoms. The number of benzene rings is 1. The van der Waals surface area contributed by atoms with E-state index in [9.17, 15) is 4.39 Å². The Kier molecular flexibility index (Phi) is 5.75. The van der Waals surface area contributed by atoms with Gasteiger partial charge in [-0.2, -0.15) is 0 Å². The molecule has 2 rings (SSSR count). The molecule has 108 valence electrons. The van der Waals surface area contributed by atoms with Crippen LogP contribution in [0.3, 0.4) is 0 Å². The van der Waals surface area contributed by atoms with Crippen LogP contribution in [0.4, 0.5) is 4.39 Å². The summed E-state index contributed by atoms with van der Waals surface area (Å²) in [5.74, 6) is -0.181. The van der Waals surface area contributed by atoms with Crippen LogP contribution in [0.1, 0.15) is 34.7 Å². The summed E-state index contributed by atoms with van der Waals surface area (Å²) in [6, 6.07) is 9.43. The van der Waals surface area contributed by atoms with Gasteiger partial charge in [0.15, 0.2) is 0 Å². The fraction of sp³-hybridized carbons (Fsp3) is 0.375. The third-order valence-corrected chi connectivity index (χ3v) is 5.07. The molecule has 0 saturated heterocycles. The molecule has 1 atom stereocenters. The Morgan fingerprint density at radius 1 is 1.30 bits per heavy atom. The summed E-state index contributed by atoms with van der Waals surface area (Å²) in [7, 11) is 0. The van der Waals surface area contributed by atoms with Gasteiger partial charge in [-0.1, -0.05) is 22.9 Å². The van der Waals surface area contributed by atoms with Crippen molar-refractivity contribution in [1.29, 1.82) is 0 Å². The summed E-state index contributed by atoms with van der Waals surface area (Å²) in [4.78, 5) is 2.62. The van der Waals surface area contributed by atoms with Gasteiger partial charge in [0.05, 0.1) is 0 Å². The third kappa shape index (κ3) is 4.14. The van der Waals surface area contributed by atoms with E-state index in [0.29, 0.717) is 0 Å². The Labute approximate surface area is 132 Å². The number of halogens is 2. The number of hydrogen-bond donors (Lipinski definition) is 1. The van der Waals surface area contributed by atoms with Crippen LogP contribution in [0.2, 0.25) is 0 Å². The van der Waals surface area contributed by atoms with Crippen LogP contribution in [0.15, 0.2) is 34.8 Å². The molecule has 0 aliphatic heterocycles. The molecule has 1 heterocycles. The molecule has 0 aliphatic carbocycles. The molecule has 2 aromatic rings. The van der Waals surface area contributed by atoms with Crippen molar-refractivity contribution in [2.24, 2.45) is 0 Å². The van der Waals surface area contributed by atoms with Gasteiger partial charge in [-0.15, -0.1) is 11.3 Å². The van der Waals surface area contributed by atoms with E-state index in [0.717, 1.165) is 29.4 Å². The normalized spacial score (nSPS) is 12.6. The topological polar surface area (TPSA) is 12.0 Å². The van der Waals surface area contributed by atoms with Crippen LogP contribution >= 0.6 is 27.3 Å². The first-order valence-electron chi connectivity index (χ1n) is 6.83. The molecule has 1 nitrogen and oxygen atoms in total. The minimum atomic E-state index is -0.181. The van der Waals surface area contributed by atoms with Gasteiger partial charge in [0.1, 0.15) is 5.82 Å². The fourth-order valence-electron chi connectivity index (χ4n) is 2.15. The van der Waals surface area contributed by atoms with Crippen molar-refractivity contribution in [2.75, 3.05) is 6.54 Å². The number of nitrogens with one attached hydrogen (secondary N) is 1. The Morgan fingerprint density at radius 2 is 2.10 bits per heavy atom. The van der Waals surface area contributed by atoms with Crippen molar-refractivity contribution in [2.45, 2.75) is 32.7 Å². The highest BCUT2D eigenvalue weighted by atomic mass is 79.9. The van der Waals surface area contributed by atoms with Crippen LogP contribution < -0.4 is 5.32 Å². The van der Waals surface area contributed by atoms with E-state index < -0.39 is 0 Å². The molecule has 1 aromatic carbocycles. The number of rotatable bonds is 6. The summed E-state index contributed by atoms with van der Waals surface area (Å²) in [5, 5.41) is 3.56. The molecule has 0 radical (unpaired) electrons. The van der Waals surface area contributed by atoms with Gasteiger partial charge in [0.25, 0.3) is 0 Å². The van der Waals surface area contributed by atoms with Gasteiger partial charge < -0.3 is 5.32 Å². The highest BCUT2D eigenvalue weighted by Gasteiger charge is 2.15. The van der Waals surface area contributed by atoms with Crippen molar-refractivity contribution >= 4 is 27.3 Å². The second-order valence-electron chi connectivity index (χ2n) is 4.89. The molecule has 0 saturated carbocycles. The Morgan fingerprint density at radius 3 is 2.75 bits per heavy atom. The SMILES string of the molecule is CCCNC(Cc1cc(F)ccc1Br)c1ccc(C)s1. The van der Waals surface area contributed by atoms with Gasteiger partial charge in [-0.05, 0) is 62.2 Å². The molecule has 1 N–H and O–H groups in total. The van der Waals surface area contributed by atoms with Crippen LogP contribution in [0.25, 0.3) is 0 Å². The minimum absolute atomic E-state index is 0.181. The minimum Gasteiger partial charge on any atom is -0.309 e. The monoisotopic (exact) mass is 355 g/mol. The molecular weight excluding hydrogens is 337 g/mol. The number of aryl methyl sites for hydroxylation is 1. The maximum Gasteiger partial charge on any atom is 0.123 e. The van der Waals surface area contributed by atoms with E-state index in [1.165, 1.54) is 15.8 Å². The van der Waals surface area contributed by atoms with Crippen molar-refractivity contribution in [3.8, 4) is 0 Å². The maximum absolute atomic E-state index is 13.4. The van der Waals surface area contributed by atoms with Crippen molar-refractivity contribution in [1.82, 2.24) is 5.32 Å². The molecule has 20 heavy (non-hydrogen) atoms. The van der Waals surface area contributed by atoms with Gasteiger partial charge in [-0.3, -0.25) is 0 Å². The summed E-state index contributed by atoms with van der Waals surface area (Å²) >= 11 is 5.32. The zero-order valence-corrected chi connectivity index (χ0v) is 14.2. The van der Waals surface area contributed by atoms with Crippen LogP contribution in [-0.4, -0.2) is 6.54 Å². The largest absolute Gasteiger partial charge is 0.309 e. The average molecular weight is 356 g/mol. The lowest BCUT2D eigenvalue weighted by atomic mass is 10.0. The molecule has 0 fully saturated rings. The zero-order valence-electron chi connectivity index (χ0n) is 11.7. The standard InChI is InChI=1S/C16H19BrFNS/c1-3-8-19-15(16-7-4-11(2)20-16)10-12-9-13(18)5-6-14(12)17/h4-7,9,15,19H,3,8,10H2,1-2H3. The second kappa shape index (κ2) is 7.34. The summed E-state index contributed by atoms with van der Waals surface area (Å²) in [6.07, 6.45) is 1.88. The first-order chi connectivity index (χ1) is 9.60. The van der Waals surface area contributed by atoms with E-state index in [-0.39, 0.29) is 11.9 Å². The van der Waals surface area contributed by atoms with Gasteiger partial charge in [-0.25, -0.2) is 4.39 Å². The molecule has 0 spiro atoms. The molecule has 4 heteroatoms. The van der Waals surface area contributed by atoms with Crippen molar-refractivity contribution in [3.05, 3.63) is 55.9 Å². The van der Waals surface area contributed by atoms with Gasteiger partial charge >= 0.3 is 0 Å². The van der Waals surface area contributed by atoms with E-state index >= 15 is 0 Å². The lowest BCUT2D eigenvalue weighted by Crippen LogP contribution is -2.23. The summed E-state index contributed by atoms with van der Waals surface area (Å²) in [5.41, 5.74) is 1.00. The van der Waals surface area contributed by atoms with E-state index in [4.69, 9.17) is 0 Å². The zero-order chi connectivity index (χ0) is 14.5. The van der Waals surface area contributed by atoms with E-state index in [1.54, 1.807) is 23.5 Å². The first kappa shape index (κ1) is 15.7. The van der Waals surface area contributed by atoms with Crippen molar-refractivity contribution < 1.29 is 4.39 Å². The van der Waals surface area contributed by atoms with Crippen LogP contribution in [-0.2, 0) is 6.42 Å².